The van der Waals surface area contributed by atoms with Crippen molar-refractivity contribution in [1.29, 1.82) is 0 Å². The maximum Gasteiger partial charge on any atom is 0.422 e. The van der Waals surface area contributed by atoms with Crippen LogP contribution in [0.25, 0.3) is 0 Å². The summed E-state index contributed by atoms with van der Waals surface area (Å²) < 4.78 is 41.2. The molecule has 1 aromatic rings. The predicted molar refractivity (Wildman–Crippen MR) is 83.3 cm³/mol. The Balaban J connectivity index is 1.85. The van der Waals surface area contributed by atoms with Gasteiger partial charge in [-0.3, -0.25) is 9.59 Å². The minimum Gasteiger partial charge on any atom is -0.484 e. The lowest BCUT2D eigenvalue weighted by Gasteiger charge is -2.31. The number of likely N-dealkylation sites (tertiary alicyclic amines) is 1. The topological polar surface area (TPSA) is 66.8 Å². The van der Waals surface area contributed by atoms with Crippen LogP contribution in [0.3, 0.4) is 0 Å². The average molecular weight is 359 g/mol. The van der Waals surface area contributed by atoms with Crippen LogP contribution in [0.2, 0.25) is 0 Å². The van der Waals surface area contributed by atoms with Crippen molar-refractivity contribution < 1.29 is 32.6 Å². The molecule has 0 spiro atoms. The van der Waals surface area contributed by atoms with Gasteiger partial charge in [0.2, 0.25) is 5.91 Å². The summed E-state index contributed by atoms with van der Waals surface area (Å²) in [6.07, 6.45) is -2.93. The van der Waals surface area contributed by atoms with Crippen LogP contribution in [-0.4, -0.2) is 47.8 Å². The fraction of sp³-hybridized carbons (Fsp3) is 0.529. The van der Waals surface area contributed by atoms with Crippen molar-refractivity contribution in [2.24, 2.45) is 5.92 Å². The number of carbonyl (C=O) groups excluding carboxylic acids is 1. The van der Waals surface area contributed by atoms with Crippen molar-refractivity contribution in [3.05, 3.63) is 29.8 Å². The van der Waals surface area contributed by atoms with Crippen LogP contribution in [-0.2, 0) is 16.0 Å². The number of benzene rings is 1. The molecule has 0 bridgehead atoms. The Hall–Kier alpha value is -2.25. The Morgan fingerprint density at radius 1 is 1.24 bits per heavy atom. The molecule has 1 saturated heterocycles. The van der Waals surface area contributed by atoms with Crippen LogP contribution in [0.5, 0.6) is 5.75 Å². The van der Waals surface area contributed by atoms with E-state index in [1.54, 1.807) is 17.0 Å². The van der Waals surface area contributed by atoms with Crippen molar-refractivity contribution >= 4 is 11.9 Å². The summed E-state index contributed by atoms with van der Waals surface area (Å²) in [6, 6.07) is 6.06. The normalized spacial score (nSPS) is 15.9. The molecule has 0 saturated carbocycles. The number of aliphatic carboxylic acids is 1. The summed E-state index contributed by atoms with van der Waals surface area (Å²) in [5, 5.41) is 8.79. The molecule has 138 valence electrons. The Bertz CT molecular complexity index is 610. The van der Waals surface area contributed by atoms with Gasteiger partial charge in [0, 0.05) is 19.5 Å². The van der Waals surface area contributed by atoms with Crippen LogP contribution in [0.1, 0.15) is 24.8 Å². The van der Waals surface area contributed by atoms with E-state index in [4.69, 9.17) is 5.11 Å². The van der Waals surface area contributed by atoms with Crippen molar-refractivity contribution in [3.8, 4) is 5.75 Å². The number of carboxylic acids is 1. The highest BCUT2D eigenvalue weighted by Gasteiger charge is 2.28. The van der Waals surface area contributed by atoms with Crippen LogP contribution in [0.15, 0.2) is 24.3 Å². The van der Waals surface area contributed by atoms with Gasteiger partial charge in [0.15, 0.2) is 6.61 Å². The van der Waals surface area contributed by atoms with Gasteiger partial charge >= 0.3 is 12.1 Å². The van der Waals surface area contributed by atoms with Crippen LogP contribution in [0, 0.1) is 5.92 Å². The van der Waals surface area contributed by atoms with E-state index >= 15 is 0 Å². The highest BCUT2D eigenvalue weighted by molar-refractivity contribution is 5.79. The number of carbonyl (C=O) groups is 2. The number of carboxylic acid groups (broad SMARTS) is 1. The zero-order valence-electron chi connectivity index (χ0n) is 13.6. The molecule has 25 heavy (non-hydrogen) atoms. The summed E-state index contributed by atoms with van der Waals surface area (Å²) in [5.74, 6) is -0.800. The van der Waals surface area contributed by atoms with Gasteiger partial charge in [0.1, 0.15) is 5.75 Å². The Morgan fingerprint density at radius 2 is 1.92 bits per heavy atom. The average Bonchev–Trinajstić information content (AvgIpc) is 2.53. The molecule has 1 aliphatic heterocycles. The molecule has 5 nitrogen and oxygen atoms in total. The van der Waals surface area contributed by atoms with Gasteiger partial charge in [-0.1, -0.05) is 12.1 Å². The second kappa shape index (κ2) is 8.22. The number of ether oxygens (including phenoxy) is 1. The number of hydrogen-bond donors (Lipinski definition) is 1. The third-order valence-electron chi connectivity index (χ3n) is 4.09. The summed E-state index contributed by atoms with van der Waals surface area (Å²) in [6.45, 7) is -0.371. The molecule has 0 unspecified atom stereocenters. The fourth-order valence-corrected chi connectivity index (χ4v) is 2.83. The number of piperidine rings is 1. The van der Waals surface area contributed by atoms with Gasteiger partial charge in [0.25, 0.3) is 0 Å². The number of nitrogens with zero attached hydrogens (tertiary/aromatic N) is 1. The molecule has 1 amide bonds. The molecule has 1 heterocycles. The number of rotatable bonds is 6. The SMILES string of the molecule is O=C(O)CC1CCN(C(=O)Cc2cccc(OCC(F)(F)F)c2)CC1. The van der Waals surface area contributed by atoms with E-state index in [9.17, 15) is 22.8 Å². The van der Waals surface area contributed by atoms with Crippen molar-refractivity contribution in [2.75, 3.05) is 19.7 Å². The van der Waals surface area contributed by atoms with Crippen molar-refractivity contribution in [2.45, 2.75) is 31.9 Å². The molecular weight excluding hydrogens is 339 g/mol. The standard InChI is InChI=1S/C17H20F3NO4/c18-17(19,20)11-25-14-3-1-2-13(8-14)9-15(22)21-6-4-12(5-7-21)10-16(23)24/h1-3,8,12H,4-7,9-11H2,(H,23,24). The Labute approximate surface area is 143 Å². The largest absolute Gasteiger partial charge is 0.484 e. The highest BCUT2D eigenvalue weighted by atomic mass is 19.4. The van der Waals surface area contributed by atoms with Gasteiger partial charge in [0.05, 0.1) is 6.42 Å². The van der Waals surface area contributed by atoms with Gasteiger partial charge in [-0.2, -0.15) is 13.2 Å². The van der Waals surface area contributed by atoms with E-state index < -0.39 is 18.8 Å². The molecule has 2 rings (SSSR count). The molecule has 8 heteroatoms. The van der Waals surface area contributed by atoms with Crippen molar-refractivity contribution in [1.82, 2.24) is 4.90 Å². The summed E-state index contributed by atoms with van der Waals surface area (Å²) >= 11 is 0. The zero-order valence-corrected chi connectivity index (χ0v) is 13.6. The Morgan fingerprint density at radius 3 is 2.52 bits per heavy atom. The fourth-order valence-electron chi connectivity index (χ4n) is 2.83. The van der Waals surface area contributed by atoms with E-state index in [0.717, 1.165) is 0 Å². The molecule has 0 atom stereocenters. The lowest BCUT2D eigenvalue weighted by atomic mass is 9.93. The van der Waals surface area contributed by atoms with E-state index in [2.05, 4.69) is 4.74 Å². The second-order valence-corrected chi connectivity index (χ2v) is 6.15. The molecular formula is C17H20F3NO4. The maximum absolute atomic E-state index is 12.3. The predicted octanol–water partition coefficient (Wildman–Crippen LogP) is 2.88. The monoisotopic (exact) mass is 359 g/mol. The maximum atomic E-state index is 12.3. The number of amides is 1. The van der Waals surface area contributed by atoms with Crippen LogP contribution >= 0.6 is 0 Å². The minimum absolute atomic E-state index is 0.0720. The molecule has 1 aliphatic rings. The van der Waals surface area contributed by atoms with Gasteiger partial charge in [-0.15, -0.1) is 0 Å². The molecule has 1 aromatic carbocycles. The van der Waals surface area contributed by atoms with Crippen LogP contribution < -0.4 is 4.74 Å². The molecule has 0 aromatic heterocycles. The molecule has 0 aliphatic carbocycles. The Kier molecular flexibility index (Phi) is 6.27. The smallest absolute Gasteiger partial charge is 0.422 e. The summed E-state index contributed by atoms with van der Waals surface area (Å²) in [7, 11) is 0. The molecule has 1 fully saturated rings. The first kappa shape index (κ1) is 19.1. The van der Waals surface area contributed by atoms with Gasteiger partial charge in [-0.05, 0) is 36.5 Å². The quantitative estimate of drug-likeness (QED) is 0.848. The zero-order chi connectivity index (χ0) is 18.4. The van der Waals surface area contributed by atoms with E-state index in [0.29, 0.717) is 31.5 Å². The lowest BCUT2D eigenvalue weighted by molar-refractivity contribution is -0.153. The third kappa shape index (κ3) is 6.64. The third-order valence-corrected chi connectivity index (χ3v) is 4.09. The van der Waals surface area contributed by atoms with Gasteiger partial charge < -0.3 is 14.7 Å². The highest BCUT2D eigenvalue weighted by Crippen LogP contribution is 2.22. The first-order chi connectivity index (χ1) is 11.7. The number of halogens is 3. The van der Waals surface area contributed by atoms with Crippen molar-refractivity contribution in [3.63, 3.8) is 0 Å². The van der Waals surface area contributed by atoms with E-state index in [1.807, 2.05) is 0 Å². The lowest BCUT2D eigenvalue weighted by Crippen LogP contribution is -2.39. The number of alkyl halides is 3. The summed E-state index contributed by atoms with van der Waals surface area (Å²) in [4.78, 5) is 24.7. The van der Waals surface area contributed by atoms with Crippen LogP contribution in [0.4, 0.5) is 13.2 Å². The van der Waals surface area contributed by atoms with Gasteiger partial charge in [-0.25, -0.2) is 0 Å². The van der Waals surface area contributed by atoms with E-state index in [1.165, 1.54) is 12.1 Å². The number of hydrogen-bond acceptors (Lipinski definition) is 3. The summed E-state index contributed by atoms with van der Waals surface area (Å²) in [5.41, 5.74) is 0.581. The first-order valence-electron chi connectivity index (χ1n) is 8.01. The minimum atomic E-state index is -4.41. The molecule has 0 radical (unpaired) electrons. The molecule has 1 N–H and O–H groups in total. The van der Waals surface area contributed by atoms with E-state index in [-0.39, 0.29) is 30.4 Å². The first-order valence-corrected chi connectivity index (χ1v) is 8.01. The second-order valence-electron chi connectivity index (χ2n) is 6.15.